The van der Waals surface area contributed by atoms with Crippen LogP contribution in [-0.4, -0.2) is 35.9 Å². The zero-order valence-corrected chi connectivity index (χ0v) is 15.2. The number of hydrogen-bond donors (Lipinski definition) is 1. The number of carbonyl (C=O) groups excluding carboxylic acids is 2. The highest BCUT2D eigenvalue weighted by Gasteiger charge is 2.50. The molecule has 1 aliphatic carbocycles. The molecule has 2 aliphatic rings. The highest BCUT2D eigenvalue weighted by molar-refractivity contribution is 6.00. The summed E-state index contributed by atoms with van der Waals surface area (Å²) in [6, 6.07) is 7.77. The number of amides is 2. The van der Waals surface area contributed by atoms with Crippen LogP contribution in [0.15, 0.2) is 24.3 Å². The summed E-state index contributed by atoms with van der Waals surface area (Å²) in [4.78, 5) is 27.4. The van der Waals surface area contributed by atoms with E-state index in [2.05, 4.69) is 12.2 Å². The van der Waals surface area contributed by atoms with Crippen LogP contribution in [0.2, 0.25) is 0 Å². The van der Waals surface area contributed by atoms with Gasteiger partial charge in [-0.1, -0.05) is 19.1 Å². The van der Waals surface area contributed by atoms with Crippen LogP contribution in [0.4, 0.5) is 5.69 Å². The van der Waals surface area contributed by atoms with Crippen LogP contribution in [0, 0.1) is 11.8 Å². The number of hydrogen-bond acceptors (Lipinski definition) is 3. The number of ether oxygens (including phenoxy) is 1. The van der Waals surface area contributed by atoms with E-state index >= 15 is 0 Å². The minimum absolute atomic E-state index is 0.0736. The van der Waals surface area contributed by atoms with Gasteiger partial charge in [-0.25, -0.2) is 0 Å². The van der Waals surface area contributed by atoms with Gasteiger partial charge >= 0.3 is 0 Å². The molecule has 2 fully saturated rings. The maximum atomic E-state index is 12.8. The number of benzene rings is 1. The van der Waals surface area contributed by atoms with Crippen molar-refractivity contribution in [3.63, 3.8) is 0 Å². The quantitative estimate of drug-likeness (QED) is 0.860. The fourth-order valence-electron chi connectivity index (χ4n) is 3.76. The van der Waals surface area contributed by atoms with Gasteiger partial charge in [-0.15, -0.1) is 0 Å². The van der Waals surface area contributed by atoms with Gasteiger partial charge in [0.1, 0.15) is 5.75 Å². The molecule has 136 valence electrons. The SMILES string of the molecule is CCOc1ccccc1NC(=O)C1CC1C(=O)N1CCCCC1CC. The number of para-hydroxylation sites is 2. The van der Waals surface area contributed by atoms with Gasteiger partial charge < -0.3 is 15.0 Å². The van der Waals surface area contributed by atoms with Gasteiger partial charge in [0.25, 0.3) is 0 Å². The maximum absolute atomic E-state index is 12.8. The Kier molecular flexibility index (Phi) is 5.61. The zero-order valence-electron chi connectivity index (χ0n) is 15.2. The van der Waals surface area contributed by atoms with Crippen LogP contribution < -0.4 is 10.1 Å². The molecule has 0 radical (unpaired) electrons. The van der Waals surface area contributed by atoms with Crippen LogP contribution in [0.25, 0.3) is 0 Å². The third kappa shape index (κ3) is 3.97. The molecule has 3 atom stereocenters. The van der Waals surface area contributed by atoms with Crippen LogP contribution >= 0.6 is 0 Å². The third-order valence-electron chi connectivity index (χ3n) is 5.27. The molecule has 5 nitrogen and oxygen atoms in total. The molecule has 1 aliphatic heterocycles. The summed E-state index contributed by atoms with van der Waals surface area (Å²) in [5.41, 5.74) is 0.678. The molecule has 0 spiro atoms. The van der Waals surface area contributed by atoms with Gasteiger partial charge in [-0.3, -0.25) is 9.59 Å². The molecule has 1 saturated heterocycles. The summed E-state index contributed by atoms with van der Waals surface area (Å²) in [7, 11) is 0. The van der Waals surface area contributed by atoms with E-state index in [0.717, 1.165) is 25.8 Å². The topological polar surface area (TPSA) is 58.6 Å². The Morgan fingerprint density at radius 3 is 2.76 bits per heavy atom. The second kappa shape index (κ2) is 7.89. The van der Waals surface area contributed by atoms with Crippen molar-refractivity contribution in [1.82, 2.24) is 4.90 Å². The second-order valence-electron chi connectivity index (χ2n) is 6.96. The third-order valence-corrected chi connectivity index (χ3v) is 5.27. The number of nitrogens with one attached hydrogen (secondary N) is 1. The molecule has 2 amide bonds. The minimum atomic E-state index is -0.207. The lowest BCUT2D eigenvalue weighted by atomic mass is 9.99. The van der Waals surface area contributed by atoms with Crippen molar-refractivity contribution in [1.29, 1.82) is 0 Å². The smallest absolute Gasteiger partial charge is 0.228 e. The lowest BCUT2D eigenvalue weighted by molar-refractivity contribution is -0.137. The monoisotopic (exact) mass is 344 g/mol. The van der Waals surface area contributed by atoms with Gasteiger partial charge in [0.15, 0.2) is 0 Å². The van der Waals surface area contributed by atoms with Crippen molar-refractivity contribution in [2.75, 3.05) is 18.5 Å². The number of nitrogens with zero attached hydrogens (tertiary/aromatic N) is 1. The highest BCUT2D eigenvalue weighted by atomic mass is 16.5. The number of carbonyl (C=O) groups is 2. The first-order chi connectivity index (χ1) is 12.2. The van der Waals surface area contributed by atoms with E-state index in [1.807, 2.05) is 36.1 Å². The first-order valence-electron chi connectivity index (χ1n) is 9.48. The lowest BCUT2D eigenvalue weighted by Gasteiger charge is -2.35. The average Bonchev–Trinajstić information content (AvgIpc) is 3.44. The second-order valence-corrected chi connectivity index (χ2v) is 6.96. The lowest BCUT2D eigenvalue weighted by Crippen LogP contribution is -2.44. The molecule has 1 N–H and O–H groups in total. The molecule has 1 aromatic carbocycles. The first-order valence-corrected chi connectivity index (χ1v) is 9.48. The van der Waals surface area contributed by atoms with E-state index in [1.54, 1.807) is 0 Å². The summed E-state index contributed by atoms with van der Waals surface area (Å²) in [6.45, 7) is 5.44. The van der Waals surface area contributed by atoms with Crippen molar-refractivity contribution < 1.29 is 14.3 Å². The number of rotatable bonds is 6. The maximum Gasteiger partial charge on any atom is 0.228 e. The largest absolute Gasteiger partial charge is 0.492 e. The van der Waals surface area contributed by atoms with Crippen LogP contribution in [0.5, 0.6) is 5.75 Å². The Bertz CT molecular complexity index is 631. The van der Waals surface area contributed by atoms with Crippen molar-refractivity contribution >= 4 is 17.5 Å². The summed E-state index contributed by atoms with van der Waals surface area (Å²) in [5.74, 6) is 0.414. The summed E-state index contributed by atoms with van der Waals surface area (Å²) in [6.07, 6.45) is 5.03. The number of anilines is 1. The first kappa shape index (κ1) is 17.8. The average molecular weight is 344 g/mol. The fourth-order valence-corrected chi connectivity index (χ4v) is 3.76. The van der Waals surface area contributed by atoms with E-state index in [4.69, 9.17) is 4.74 Å². The van der Waals surface area contributed by atoms with Gasteiger partial charge in [-0.2, -0.15) is 0 Å². The highest BCUT2D eigenvalue weighted by Crippen LogP contribution is 2.42. The number of likely N-dealkylation sites (tertiary alicyclic amines) is 1. The molecule has 25 heavy (non-hydrogen) atoms. The summed E-state index contributed by atoms with van der Waals surface area (Å²) < 4.78 is 5.55. The molecule has 1 aromatic rings. The van der Waals surface area contributed by atoms with Crippen molar-refractivity contribution in [3.05, 3.63) is 24.3 Å². The van der Waals surface area contributed by atoms with Gasteiger partial charge in [0.2, 0.25) is 11.8 Å². The molecular formula is C20H28N2O3. The van der Waals surface area contributed by atoms with E-state index in [-0.39, 0.29) is 23.7 Å². The van der Waals surface area contributed by atoms with Gasteiger partial charge in [0.05, 0.1) is 24.1 Å². The molecule has 3 unspecified atom stereocenters. The Balaban J connectivity index is 1.59. The van der Waals surface area contributed by atoms with E-state index < -0.39 is 0 Å². The Labute approximate surface area is 149 Å². The van der Waals surface area contributed by atoms with Crippen molar-refractivity contribution in [2.45, 2.75) is 52.0 Å². The molecule has 0 aromatic heterocycles. The van der Waals surface area contributed by atoms with E-state index in [9.17, 15) is 9.59 Å². The van der Waals surface area contributed by atoms with E-state index in [1.165, 1.54) is 6.42 Å². The Morgan fingerprint density at radius 1 is 1.20 bits per heavy atom. The molecule has 5 heteroatoms. The summed E-state index contributed by atoms with van der Waals surface area (Å²) >= 11 is 0. The fraction of sp³-hybridized carbons (Fsp3) is 0.600. The zero-order chi connectivity index (χ0) is 17.8. The Morgan fingerprint density at radius 2 is 2.00 bits per heavy atom. The molecule has 1 saturated carbocycles. The molecule has 3 rings (SSSR count). The molecule has 0 bridgehead atoms. The van der Waals surface area contributed by atoms with Gasteiger partial charge in [0, 0.05) is 12.6 Å². The van der Waals surface area contributed by atoms with Crippen LogP contribution in [-0.2, 0) is 9.59 Å². The van der Waals surface area contributed by atoms with Crippen LogP contribution in [0.3, 0.4) is 0 Å². The normalized spacial score (nSPS) is 25.4. The van der Waals surface area contributed by atoms with Gasteiger partial charge in [-0.05, 0) is 51.2 Å². The predicted molar refractivity (Wildman–Crippen MR) is 97.5 cm³/mol. The van der Waals surface area contributed by atoms with Crippen molar-refractivity contribution in [2.24, 2.45) is 11.8 Å². The number of piperidine rings is 1. The minimum Gasteiger partial charge on any atom is -0.492 e. The summed E-state index contributed by atoms with van der Waals surface area (Å²) in [5, 5.41) is 2.94. The van der Waals surface area contributed by atoms with E-state index in [0.29, 0.717) is 30.5 Å². The Hall–Kier alpha value is -2.04. The van der Waals surface area contributed by atoms with Crippen LogP contribution in [0.1, 0.15) is 46.0 Å². The molecular weight excluding hydrogens is 316 g/mol. The molecule has 1 heterocycles. The predicted octanol–water partition coefficient (Wildman–Crippen LogP) is 3.45. The standard InChI is InChI=1S/C20H28N2O3/c1-3-14-9-7-8-12-22(14)20(24)16-13-15(16)19(23)21-17-10-5-6-11-18(17)25-4-2/h5-6,10-11,14-16H,3-4,7-9,12-13H2,1-2H3,(H,21,23). The van der Waals surface area contributed by atoms with Crippen molar-refractivity contribution in [3.8, 4) is 5.75 Å².